The van der Waals surface area contributed by atoms with Crippen LogP contribution in [0.2, 0.25) is 0 Å². The lowest BCUT2D eigenvalue weighted by atomic mass is 9.93. The molecule has 0 radical (unpaired) electrons. The summed E-state index contributed by atoms with van der Waals surface area (Å²) in [6, 6.07) is 0. The molecule has 0 aromatic heterocycles. The van der Waals surface area contributed by atoms with Crippen LogP contribution < -0.4 is 0 Å². The van der Waals surface area contributed by atoms with Gasteiger partial charge in [0.05, 0.1) is 12.7 Å². The summed E-state index contributed by atoms with van der Waals surface area (Å²) in [7, 11) is 2.77. The Hall–Kier alpha value is -0.530. The lowest BCUT2D eigenvalue weighted by Crippen LogP contribution is -2.48. The third-order valence-electron chi connectivity index (χ3n) is 3.55. The van der Waals surface area contributed by atoms with E-state index < -0.39 is 23.3 Å². The molecule has 0 amide bonds. The summed E-state index contributed by atoms with van der Waals surface area (Å²) in [6.07, 6.45) is -1.12. The van der Waals surface area contributed by atoms with Crippen molar-refractivity contribution in [2.45, 2.75) is 57.4 Å². The largest absolute Gasteiger partial charge is 0.390 e. The van der Waals surface area contributed by atoms with Crippen LogP contribution in [0, 0.1) is 0 Å². The predicted octanol–water partition coefficient (Wildman–Crippen LogP) is 0.857. The van der Waals surface area contributed by atoms with E-state index in [-0.39, 0.29) is 18.8 Å². The molecule has 0 aromatic rings. The first kappa shape index (κ1) is 16.5. The van der Waals surface area contributed by atoms with Crippen LogP contribution in [0.5, 0.6) is 0 Å². The maximum absolute atomic E-state index is 12.1. The summed E-state index contributed by atoms with van der Waals surface area (Å²) in [4.78, 5) is 12.1. The zero-order valence-electron chi connectivity index (χ0n) is 12.5. The molecule has 2 atom stereocenters. The number of hydrogen-bond donors (Lipinski definition) is 1. The van der Waals surface area contributed by atoms with Crippen molar-refractivity contribution < 1.29 is 28.8 Å². The molecule has 0 aliphatic carbocycles. The van der Waals surface area contributed by atoms with Crippen molar-refractivity contribution in [2.75, 3.05) is 20.8 Å². The van der Waals surface area contributed by atoms with Crippen molar-refractivity contribution in [1.82, 2.24) is 0 Å². The third-order valence-corrected chi connectivity index (χ3v) is 3.55. The van der Waals surface area contributed by atoms with E-state index in [1.807, 2.05) is 0 Å². The second kappa shape index (κ2) is 5.46. The maximum atomic E-state index is 12.1. The predicted molar refractivity (Wildman–Crippen MR) is 67.6 cm³/mol. The summed E-state index contributed by atoms with van der Waals surface area (Å²) >= 11 is 0. The molecule has 1 aliphatic rings. The molecule has 1 N–H and O–H groups in total. The van der Waals surface area contributed by atoms with Crippen molar-refractivity contribution in [1.29, 1.82) is 0 Å². The van der Waals surface area contributed by atoms with E-state index in [1.54, 1.807) is 20.8 Å². The molecule has 0 aromatic carbocycles. The molecule has 1 fully saturated rings. The highest BCUT2D eigenvalue weighted by Gasteiger charge is 2.48. The Morgan fingerprint density at radius 1 is 1.37 bits per heavy atom. The monoisotopic (exact) mass is 276 g/mol. The quantitative estimate of drug-likeness (QED) is 0.725. The van der Waals surface area contributed by atoms with Crippen molar-refractivity contribution in [3.05, 3.63) is 0 Å². The third kappa shape index (κ3) is 3.52. The van der Waals surface area contributed by atoms with Crippen molar-refractivity contribution in [3.8, 4) is 0 Å². The van der Waals surface area contributed by atoms with E-state index >= 15 is 0 Å². The van der Waals surface area contributed by atoms with Crippen LogP contribution in [-0.4, -0.2) is 55.0 Å². The number of ether oxygens (including phenoxy) is 4. The standard InChI is InChI=1S/C13H24O6/c1-11(2)18-8-12(3,19-11)9(14)7-10(15)13(4,16-5)17-6/h9,14H,7-8H2,1-6H3/t9-,12+/m0/s1. The minimum Gasteiger partial charge on any atom is -0.390 e. The normalized spacial score (nSPS) is 28.4. The summed E-state index contributed by atoms with van der Waals surface area (Å²) in [5.41, 5.74) is -0.915. The van der Waals surface area contributed by atoms with Crippen LogP contribution in [0.4, 0.5) is 0 Å². The molecule has 1 saturated heterocycles. The Morgan fingerprint density at radius 2 is 1.89 bits per heavy atom. The molecule has 6 nitrogen and oxygen atoms in total. The van der Waals surface area contributed by atoms with Gasteiger partial charge in [-0.3, -0.25) is 4.79 Å². The minimum atomic E-state index is -1.35. The number of methoxy groups -OCH3 is 2. The number of carbonyl (C=O) groups excluding carboxylic acids is 1. The number of aliphatic hydroxyl groups excluding tert-OH is 1. The molecular formula is C13H24O6. The van der Waals surface area contributed by atoms with Gasteiger partial charge in [-0.05, 0) is 27.7 Å². The average molecular weight is 276 g/mol. The zero-order valence-corrected chi connectivity index (χ0v) is 12.5. The van der Waals surface area contributed by atoms with E-state index in [0.717, 1.165) is 0 Å². The van der Waals surface area contributed by atoms with E-state index in [9.17, 15) is 9.90 Å². The highest BCUT2D eigenvalue weighted by molar-refractivity contribution is 5.86. The summed E-state index contributed by atoms with van der Waals surface area (Å²) in [5, 5.41) is 10.2. The minimum absolute atomic E-state index is 0.131. The molecule has 1 aliphatic heterocycles. The fraction of sp³-hybridized carbons (Fsp3) is 0.923. The Bertz CT molecular complexity index is 336. The van der Waals surface area contributed by atoms with Gasteiger partial charge in [0.15, 0.2) is 11.6 Å². The average Bonchev–Trinajstić information content (AvgIpc) is 2.63. The molecule has 19 heavy (non-hydrogen) atoms. The molecule has 112 valence electrons. The highest BCUT2D eigenvalue weighted by Crippen LogP contribution is 2.34. The number of hydrogen-bond acceptors (Lipinski definition) is 6. The number of rotatable bonds is 6. The zero-order chi connectivity index (χ0) is 14.9. The second-order valence-corrected chi connectivity index (χ2v) is 5.60. The second-order valence-electron chi connectivity index (χ2n) is 5.60. The van der Waals surface area contributed by atoms with Crippen LogP contribution in [0.1, 0.15) is 34.1 Å². The Kier molecular flexibility index (Phi) is 4.75. The van der Waals surface area contributed by atoms with Gasteiger partial charge in [-0.1, -0.05) is 0 Å². The fourth-order valence-corrected chi connectivity index (χ4v) is 1.99. The number of carbonyl (C=O) groups is 1. The topological polar surface area (TPSA) is 74.2 Å². The van der Waals surface area contributed by atoms with E-state index in [0.29, 0.717) is 0 Å². The van der Waals surface area contributed by atoms with Gasteiger partial charge in [0.25, 0.3) is 0 Å². The number of aliphatic hydroxyl groups is 1. The van der Waals surface area contributed by atoms with E-state index in [1.165, 1.54) is 21.1 Å². The maximum Gasteiger partial charge on any atom is 0.225 e. The van der Waals surface area contributed by atoms with Crippen molar-refractivity contribution in [3.63, 3.8) is 0 Å². The first-order chi connectivity index (χ1) is 8.58. The van der Waals surface area contributed by atoms with Gasteiger partial charge in [-0.2, -0.15) is 0 Å². The molecular weight excluding hydrogens is 252 g/mol. The lowest BCUT2D eigenvalue weighted by Gasteiger charge is -2.32. The van der Waals surface area contributed by atoms with Crippen LogP contribution in [0.25, 0.3) is 0 Å². The number of Topliss-reactive ketones (excluding diaryl/α,β-unsaturated/α-hetero) is 1. The molecule has 1 heterocycles. The van der Waals surface area contributed by atoms with Crippen molar-refractivity contribution in [2.24, 2.45) is 0 Å². The smallest absolute Gasteiger partial charge is 0.225 e. The highest BCUT2D eigenvalue weighted by atomic mass is 16.8. The van der Waals surface area contributed by atoms with Gasteiger partial charge >= 0.3 is 0 Å². The van der Waals surface area contributed by atoms with Gasteiger partial charge in [-0.15, -0.1) is 0 Å². The van der Waals surface area contributed by atoms with Crippen LogP contribution in [0.15, 0.2) is 0 Å². The van der Waals surface area contributed by atoms with Crippen molar-refractivity contribution >= 4 is 5.78 Å². The molecule has 6 heteroatoms. The summed E-state index contributed by atoms with van der Waals surface area (Å²) in [5.74, 6) is -2.46. The first-order valence-electron chi connectivity index (χ1n) is 6.24. The fourth-order valence-electron chi connectivity index (χ4n) is 1.99. The van der Waals surface area contributed by atoms with E-state index in [2.05, 4.69) is 0 Å². The van der Waals surface area contributed by atoms with Crippen LogP contribution >= 0.6 is 0 Å². The molecule has 1 rings (SSSR count). The van der Waals surface area contributed by atoms with Gasteiger partial charge < -0.3 is 24.1 Å². The Morgan fingerprint density at radius 3 is 2.26 bits per heavy atom. The number of ketones is 1. The van der Waals surface area contributed by atoms with Crippen LogP contribution in [0.3, 0.4) is 0 Å². The Balaban J connectivity index is 2.70. The molecule has 0 saturated carbocycles. The molecule has 0 bridgehead atoms. The first-order valence-corrected chi connectivity index (χ1v) is 6.24. The van der Waals surface area contributed by atoms with Gasteiger partial charge in [-0.25, -0.2) is 0 Å². The van der Waals surface area contributed by atoms with Gasteiger partial charge in [0.2, 0.25) is 5.79 Å². The summed E-state index contributed by atoms with van der Waals surface area (Å²) in [6.45, 7) is 6.99. The lowest BCUT2D eigenvalue weighted by molar-refractivity contribution is -0.206. The summed E-state index contributed by atoms with van der Waals surface area (Å²) < 4.78 is 21.2. The molecule has 0 unspecified atom stereocenters. The molecule has 0 spiro atoms. The van der Waals surface area contributed by atoms with Gasteiger partial charge in [0, 0.05) is 20.6 Å². The SMILES string of the molecule is COC(C)(OC)C(=O)C[C@H](O)[C@@]1(C)COC(C)(C)O1. The van der Waals surface area contributed by atoms with Gasteiger partial charge in [0.1, 0.15) is 5.60 Å². The van der Waals surface area contributed by atoms with Crippen LogP contribution in [-0.2, 0) is 23.7 Å². The Labute approximate surface area is 114 Å². The van der Waals surface area contributed by atoms with E-state index in [4.69, 9.17) is 18.9 Å².